The summed E-state index contributed by atoms with van der Waals surface area (Å²) in [6.45, 7) is 8.03. The maximum atomic E-state index is 5.11. The second kappa shape index (κ2) is 9.86. The van der Waals surface area contributed by atoms with Crippen molar-refractivity contribution >= 4 is 0 Å². The molecule has 0 spiro atoms. The molecule has 3 nitrogen and oxygen atoms in total. The number of unbranched alkanes of at least 4 members (excludes halogenated alkanes) is 1. The lowest BCUT2D eigenvalue weighted by Gasteiger charge is -2.36. The molecule has 0 aromatic rings. The molecule has 17 heavy (non-hydrogen) atoms. The van der Waals surface area contributed by atoms with Crippen LogP contribution in [0, 0.1) is 0 Å². The van der Waals surface area contributed by atoms with Gasteiger partial charge in [0.15, 0.2) is 0 Å². The van der Waals surface area contributed by atoms with Gasteiger partial charge in [-0.2, -0.15) is 0 Å². The Balaban J connectivity index is 2.17. The third-order valence-electron chi connectivity index (χ3n) is 3.60. The molecule has 1 aliphatic rings. The van der Waals surface area contributed by atoms with E-state index in [9.17, 15) is 0 Å². The van der Waals surface area contributed by atoms with Crippen molar-refractivity contribution < 1.29 is 4.74 Å². The number of ether oxygens (including phenoxy) is 1. The molecule has 0 amide bonds. The van der Waals surface area contributed by atoms with Crippen LogP contribution in [0.4, 0.5) is 0 Å². The monoisotopic (exact) mass is 242 g/mol. The highest BCUT2D eigenvalue weighted by Crippen LogP contribution is 2.17. The molecule has 1 saturated heterocycles. The van der Waals surface area contributed by atoms with Crippen molar-refractivity contribution in [3.8, 4) is 0 Å². The number of rotatable bonds is 9. The molecule has 0 bridgehead atoms. The molecule has 0 aromatic heterocycles. The molecule has 1 rings (SSSR count). The Labute approximate surface area is 107 Å². The van der Waals surface area contributed by atoms with E-state index in [-0.39, 0.29) is 0 Å². The van der Waals surface area contributed by atoms with Crippen LogP contribution in [0.2, 0.25) is 0 Å². The van der Waals surface area contributed by atoms with E-state index in [0.29, 0.717) is 0 Å². The van der Waals surface area contributed by atoms with Crippen molar-refractivity contribution in [2.24, 2.45) is 0 Å². The predicted octanol–water partition coefficient (Wildman–Crippen LogP) is 2.27. The number of likely N-dealkylation sites (tertiary alicyclic amines) is 1. The number of hydrogen-bond donors (Lipinski definition) is 1. The molecule has 3 heteroatoms. The van der Waals surface area contributed by atoms with Gasteiger partial charge in [0.05, 0.1) is 0 Å². The second-order valence-corrected chi connectivity index (χ2v) is 5.09. The van der Waals surface area contributed by atoms with Crippen LogP contribution in [0.5, 0.6) is 0 Å². The van der Waals surface area contributed by atoms with Gasteiger partial charge in [-0.1, -0.05) is 13.3 Å². The molecule has 1 aliphatic heterocycles. The van der Waals surface area contributed by atoms with Crippen molar-refractivity contribution in [2.75, 3.05) is 39.9 Å². The topological polar surface area (TPSA) is 24.5 Å². The van der Waals surface area contributed by atoms with E-state index in [4.69, 9.17) is 4.74 Å². The Morgan fingerprint density at radius 2 is 2.18 bits per heavy atom. The summed E-state index contributed by atoms with van der Waals surface area (Å²) in [6, 6.07) is 0.776. The Bertz CT molecular complexity index is 176. The largest absolute Gasteiger partial charge is 0.385 e. The van der Waals surface area contributed by atoms with Crippen LogP contribution >= 0.6 is 0 Å². The molecule has 1 atom stereocenters. The first kappa shape index (κ1) is 14.9. The van der Waals surface area contributed by atoms with E-state index in [2.05, 4.69) is 17.1 Å². The number of piperidine rings is 1. The standard InChI is InChI=1S/C14H30N2O/c1-3-9-15-13-14-8-4-5-10-16(14)11-6-7-12-17-2/h14-15H,3-13H2,1-2H3. The first-order valence-electron chi connectivity index (χ1n) is 7.32. The molecule has 0 aromatic carbocycles. The fourth-order valence-electron chi connectivity index (χ4n) is 2.59. The highest BCUT2D eigenvalue weighted by atomic mass is 16.5. The molecule has 0 aliphatic carbocycles. The molecular weight excluding hydrogens is 212 g/mol. The summed E-state index contributed by atoms with van der Waals surface area (Å²) in [4.78, 5) is 2.68. The van der Waals surface area contributed by atoms with Gasteiger partial charge >= 0.3 is 0 Å². The zero-order valence-electron chi connectivity index (χ0n) is 11.7. The lowest BCUT2D eigenvalue weighted by atomic mass is 10.0. The SMILES string of the molecule is CCCNCC1CCCCN1CCCCOC. The number of hydrogen-bond acceptors (Lipinski definition) is 3. The Hall–Kier alpha value is -0.120. The second-order valence-electron chi connectivity index (χ2n) is 5.09. The van der Waals surface area contributed by atoms with Crippen LogP contribution in [0.15, 0.2) is 0 Å². The van der Waals surface area contributed by atoms with Crippen LogP contribution in [0.1, 0.15) is 45.4 Å². The van der Waals surface area contributed by atoms with E-state index in [0.717, 1.165) is 19.2 Å². The van der Waals surface area contributed by atoms with Gasteiger partial charge in [-0.15, -0.1) is 0 Å². The summed E-state index contributed by atoms with van der Waals surface area (Å²) in [5, 5.41) is 3.57. The smallest absolute Gasteiger partial charge is 0.0462 e. The normalized spacial score (nSPS) is 21.9. The Morgan fingerprint density at radius 1 is 1.29 bits per heavy atom. The van der Waals surface area contributed by atoms with E-state index >= 15 is 0 Å². The van der Waals surface area contributed by atoms with Crippen molar-refractivity contribution in [3.05, 3.63) is 0 Å². The van der Waals surface area contributed by atoms with Gasteiger partial charge in [0.2, 0.25) is 0 Å². The maximum Gasteiger partial charge on any atom is 0.0462 e. The van der Waals surface area contributed by atoms with Crippen molar-refractivity contribution in [1.29, 1.82) is 0 Å². The Morgan fingerprint density at radius 3 is 2.94 bits per heavy atom. The van der Waals surface area contributed by atoms with E-state index in [1.54, 1.807) is 7.11 Å². The zero-order valence-corrected chi connectivity index (χ0v) is 11.7. The lowest BCUT2D eigenvalue weighted by Crippen LogP contribution is -2.46. The van der Waals surface area contributed by atoms with E-state index in [1.807, 2.05) is 0 Å². The maximum absolute atomic E-state index is 5.11. The van der Waals surface area contributed by atoms with Crippen molar-refractivity contribution in [2.45, 2.75) is 51.5 Å². The molecule has 1 N–H and O–H groups in total. The summed E-state index contributed by atoms with van der Waals surface area (Å²) in [5.74, 6) is 0. The average molecular weight is 242 g/mol. The third kappa shape index (κ3) is 6.39. The minimum atomic E-state index is 0.776. The average Bonchev–Trinajstić information content (AvgIpc) is 2.36. The summed E-state index contributed by atoms with van der Waals surface area (Å²) in [6.07, 6.45) is 7.88. The zero-order chi connectivity index (χ0) is 12.3. The van der Waals surface area contributed by atoms with Crippen molar-refractivity contribution in [3.63, 3.8) is 0 Å². The third-order valence-corrected chi connectivity index (χ3v) is 3.60. The molecule has 0 saturated carbocycles. The first-order valence-corrected chi connectivity index (χ1v) is 7.32. The van der Waals surface area contributed by atoms with Gasteiger partial charge in [-0.25, -0.2) is 0 Å². The minimum Gasteiger partial charge on any atom is -0.385 e. The van der Waals surface area contributed by atoms with Crippen molar-refractivity contribution in [1.82, 2.24) is 10.2 Å². The van der Waals surface area contributed by atoms with Gasteiger partial charge in [0, 0.05) is 26.3 Å². The van der Waals surface area contributed by atoms with Gasteiger partial charge < -0.3 is 10.1 Å². The highest BCUT2D eigenvalue weighted by Gasteiger charge is 2.20. The fraction of sp³-hybridized carbons (Fsp3) is 1.00. The van der Waals surface area contributed by atoms with Crippen LogP contribution in [-0.2, 0) is 4.74 Å². The van der Waals surface area contributed by atoms with Crippen LogP contribution in [0.3, 0.4) is 0 Å². The van der Waals surface area contributed by atoms with Crippen LogP contribution in [0.25, 0.3) is 0 Å². The molecular formula is C14H30N2O. The Kier molecular flexibility index (Phi) is 8.67. The predicted molar refractivity (Wildman–Crippen MR) is 73.5 cm³/mol. The van der Waals surface area contributed by atoms with Gasteiger partial charge in [0.1, 0.15) is 0 Å². The first-order chi connectivity index (χ1) is 8.38. The number of methoxy groups -OCH3 is 1. The molecule has 102 valence electrons. The van der Waals surface area contributed by atoms with E-state index in [1.165, 1.54) is 58.2 Å². The molecule has 1 fully saturated rings. The van der Waals surface area contributed by atoms with Crippen LogP contribution in [-0.4, -0.2) is 50.8 Å². The number of nitrogens with zero attached hydrogens (tertiary/aromatic N) is 1. The molecule has 1 unspecified atom stereocenters. The van der Waals surface area contributed by atoms with Gasteiger partial charge in [-0.05, 0) is 51.7 Å². The summed E-state index contributed by atoms with van der Waals surface area (Å²) >= 11 is 0. The summed E-state index contributed by atoms with van der Waals surface area (Å²) in [5.41, 5.74) is 0. The summed E-state index contributed by atoms with van der Waals surface area (Å²) < 4.78 is 5.11. The summed E-state index contributed by atoms with van der Waals surface area (Å²) in [7, 11) is 1.79. The number of nitrogens with one attached hydrogen (secondary N) is 1. The van der Waals surface area contributed by atoms with Gasteiger partial charge in [-0.3, -0.25) is 4.90 Å². The molecule has 1 heterocycles. The van der Waals surface area contributed by atoms with E-state index < -0.39 is 0 Å². The quantitative estimate of drug-likeness (QED) is 0.628. The molecule has 0 radical (unpaired) electrons. The minimum absolute atomic E-state index is 0.776. The van der Waals surface area contributed by atoms with Gasteiger partial charge in [0.25, 0.3) is 0 Å². The van der Waals surface area contributed by atoms with Crippen LogP contribution < -0.4 is 5.32 Å². The lowest BCUT2D eigenvalue weighted by molar-refractivity contribution is 0.134. The fourth-order valence-corrected chi connectivity index (χ4v) is 2.59. The highest BCUT2D eigenvalue weighted by molar-refractivity contribution is 4.78.